The number of aromatic nitrogens is 4. The van der Waals surface area contributed by atoms with Gasteiger partial charge in [-0.1, -0.05) is 11.2 Å². The van der Waals surface area contributed by atoms with E-state index in [0.717, 1.165) is 36.1 Å². The van der Waals surface area contributed by atoms with Gasteiger partial charge in [0.2, 0.25) is 0 Å². The van der Waals surface area contributed by atoms with E-state index in [4.69, 9.17) is 18.7 Å². The lowest BCUT2D eigenvalue weighted by molar-refractivity contribution is 0.183. The molecule has 0 saturated carbocycles. The third kappa shape index (κ3) is 4.11. The Morgan fingerprint density at radius 3 is 2.89 bits per heavy atom. The van der Waals surface area contributed by atoms with Crippen molar-refractivity contribution in [2.24, 2.45) is 0 Å². The van der Waals surface area contributed by atoms with Gasteiger partial charge in [0.05, 0.1) is 31.9 Å². The molecule has 0 radical (unpaired) electrons. The summed E-state index contributed by atoms with van der Waals surface area (Å²) in [4.78, 5) is 4.67. The number of methoxy groups -OCH3 is 1. The van der Waals surface area contributed by atoms with E-state index in [1.807, 2.05) is 41.9 Å². The summed E-state index contributed by atoms with van der Waals surface area (Å²) >= 11 is 0. The first-order chi connectivity index (χ1) is 13.2. The molecule has 3 heterocycles. The first-order valence-electron chi connectivity index (χ1n) is 8.92. The van der Waals surface area contributed by atoms with E-state index >= 15 is 0 Å². The van der Waals surface area contributed by atoms with Crippen LogP contribution in [0, 0.1) is 6.92 Å². The first-order valence-corrected chi connectivity index (χ1v) is 8.92. The maximum Gasteiger partial charge on any atom is 0.188 e. The number of hydrogen-bond donors (Lipinski definition) is 0. The molecular formula is C19H22N4O4. The fourth-order valence-corrected chi connectivity index (χ4v) is 3.09. The number of rotatable bonds is 7. The molecule has 0 N–H and O–H groups in total. The summed E-state index contributed by atoms with van der Waals surface area (Å²) in [5, 5.41) is 8.61. The van der Waals surface area contributed by atoms with Crippen molar-refractivity contribution in [3.05, 3.63) is 53.4 Å². The minimum absolute atomic E-state index is 0.182. The molecule has 2 aromatic heterocycles. The number of hydrogen-bond acceptors (Lipinski definition) is 7. The highest BCUT2D eigenvalue weighted by Crippen LogP contribution is 2.23. The van der Waals surface area contributed by atoms with Gasteiger partial charge in [-0.15, -0.1) is 0 Å². The Hall–Kier alpha value is -2.87. The summed E-state index contributed by atoms with van der Waals surface area (Å²) < 4.78 is 23.9. The zero-order valence-corrected chi connectivity index (χ0v) is 15.4. The van der Waals surface area contributed by atoms with Crippen molar-refractivity contribution in [3.8, 4) is 11.5 Å². The number of nitrogens with zero attached hydrogens (tertiary/aromatic N) is 4. The van der Waals surface area contributed by atoms with E-state index in [1.54, 1.807) is 7.11 Å². The monoisotopic (exact) mass is 370 g/mol. The van der Waals surface area contributed by atoms with Gasteiger partial charge in [-0.25, -0.2) is 9.67 Å². The van der Waals surface area contributed by atoms with Crippen molar-refractivity contribution in [2.45, 2.75) is 32.4 Å². The Balaban J connectivity index is 1.52. The summed E-state index contributed by atoms with van der Waals surface area (Å²) in [6.07, 6.45) is 1.45. The smallest absolute Gasteiger partial charge is 0.188 e. The van der Waals surface area contributed by atoms with Crippen molar-refractivity contribution in [3.63, 3.8) is 0 Å². The lowest BCUT2D eigenvalue weighted by Gasteiger charge is -2.10. The lowest BCUT2D eigenvalue weighted by atomic mass is 10.2. The summed E-state index contributed by atoms with van der Waals surface area (Å²) in [5.41, 5.74) is 0.849. The molecule has 0 amide bonds. The molecule has 1 fully saturated rings. The fraction of sp³-hybridized carbons (Fsp3) is 0.421. The second kappa shape index (κ2) is 7.79. The number of benzene rings is 1. The van der Waals surface area contributed by atoms with Gasteiger partial charge in [0.1, 0.15) is 29.7 Å². The van der Waals surface area contributed by atoms with Crippen LogP contribution in [0.15, 0.2) is 34.9 Å². The molecule has 1 unspecified atom stereocenters. The lowest BCUT2D eigenvalue weighted by Crippen LogP contribution is -2.14. The molecule has 8 heteroatoms. The predicted molar refractivity (Wildman–Crippen MR) is 95.9 cm³/mol. The highest BCUT2D eigenvalue weighted by Gasteiger charge is 2.24. The van der Waals surface area contributed by atoms with Gasteiger partial charge in [-0.05, 0) is 25.5 Å². The summed E-state index contributed by atoms with van der Waals surface area (Å²) in [7, 11) is 1.63. The topological polar surface area (TPSA) is 84.4 Å². The summed E-state index contributed by atoms with van der Waals surface area (Å²) in [6, 6.07) is 9.56. The van der Waals surface area contributed by atoms with Crippen LogP contribution in [0.2, 0.25) is 0 Å². The standard InChI is InChI=1S/C19H22N4O4/c1-13-8-17(27-22-13)10-19-20-18(21-23(19)14-6-7-25-11-14)12-26-16-5-3-4-15(9-16)24-2/h3-5,8-9,14H,6-7,10-12H2,1-2H3. The molecule has 1 atom stereocenters. The van der Waals surface area contributed by atoms with Crippen LogP contribution in [0.25, 0.3) is 0 Å². The minimum atomic E-state index is 0.182. The van der Waals surface area contributed by atoms with E-state index in [-0.39, 0.29) is 12.6 Å². The second-order valence-electron chi connectivity index (χ2n) is 6.49. The quantitative estimate of drug-likeness (QED) is 0.632. The van der Waals surface area contributed by atoms with Gasteiger partial charge in [0.25, 0.3) is 0 Å². The molecule has 142 valence electrons. The first kappa shape index (κ1) is 17.5. The van der Waals surface area contributed by atoms with Crippen molar-refractivity contribution >= 4 is 0 Å². The molecule has 1 aliphatic rings. The van der Waals surface area contributed by atoms with Crippen molar-refractivity contribution in [1.29, 1.82) is 0 Å². The van der Waals surface area contributed by atoms with Crippen LogP contribution in [0.4, 0.5) is 0 Å². The predicted octanol–water partition coefficient (Wildman–Crippen LogP) is 2.71. The van der Waals surface area contributed by atoms with Gasteiger partial charge in [-0.2, -0.15) is 5.10 Å². The maximum atomic E-state index is 5.83. The van der Waals surface area contributed by atoms with Crippen LogP contribution >= 0.6 is 0 Å². The number of ether oxygens (including phenoxy) is 3. The van der Waals surface area contributed by atoms with E-state index in [2.05, 4.69) is 15.2 Å². The van der Waals surface area contributed by atoms with Crippen molar-refractivity contribution < 1.29 is 18.7 Å². The SMILES string of the molecule is COc1cccc(OCc2nc(Cc3cc(C)no3)n(C3CCOC3)n2)c1. The highest BCUT2D eigenvalue weighted by atomic mass is 16.5. The van der Waals surface area contributed by atoms with Crippen LogP contribution < -0.4 is 9.47 Å². The zero-order valence-electron chi connectivity index (χ0n) is 15.4. The van der Waals surface area contributed by atoms with Crippen molar-refractivity contribution in [2.75, 3.05) is 20.3 Å². The molecule has 0 spiro atoms. The Morgan fingerprint density at radius 2 is 2.15 bits per heavy atom. The zero-order chi connectivity index (χ0) is 18.6. The second-order valence-corrected chi connectivity index (χ2v) is 6.49. The van der Waals surface area contributed by atoms with Crippen LogP contribution in [0.5, 0.6) is 11.5 Å². The number of aryl methyl sites for hydroxylation is 1. The molecule has 1 aromatic carbocycles. The molecule has 3 aromatic rings. The fourth-order valence-electron chi connectivity index (χ4n) is 3.09. The summed E-state index contributed by atoms with van der Waals surface area (Å²) in [6.45, 7) is 3.55. The minimum Gasteiger partial charge on any atom is -0.497 e. The van der Waals surface area contributed by atoms with Gasteiger partial charge in [0.15, 0.2) is 5.82 Å². The summed E-state index contributed by atoms with van der Waals surface area (Å²) in [5.74, 6) is 3.67. The van der Waals surface area contributed by atoms with Crippen molar-refractivity contribution in [1.82, 2.24) is 19.9 Å². The highest BCUT2D eigenvalue weighted by molar-refractivity contribution is 5.32. The van der Waals surface area contributed by atoms with E-state index in [9.17, 15) is 0 Å². The third-order valence-corrected chi connectivity index (χ3v) is 4.42. The van der Waals surface area contributed by atoms with Crippen LogP contribution in [0.1, 0.15) is 35.6 Å². The Kier molecular flexibility index (Phi) is 5.06. The average molecular weight is 370 g/mol. The Morgan fingerprint density at radius 1 is 1.26 bits per heavy atom. The molecular weight excluding hydrogens is 348 g/mol. The van der Waals surface area contributed by atoms with Crippen LogP contribution in [-0.2, 0) is 17.8 Å². The normalized spacial score (nSPS) is 16.6. The molecule has 8 nitrogen and oxygen atoms in total. The van der Waals surface area contributed by atoms with Gasteiger partial charge < -0.3 is 18.7 Å². The largest absolute Gasteiger partial charge is 0.497 e. The molecule has 0 bridgehead atoms. The Bertz CT molecular complexity index is 899. The van der Waals surface area contributed by atoms with Crippen LogP contribution in [-0.4, -0.2) is 40.2 Å². The Labute approximate surface area is 157 Å². The molecule has 1 saturated heterocycles. The van der Waals surface area contributed by atoms with Gasteiger partial charge >= 0.3 is 0 Å². The van der Waals surface area contributed by atoms with E-state index in [1.165, 1.54) is 0 Å². The molecule has 0 aliphatic carbocycles. The van der Waals surface area contributed by atoms with Crippen LogP contribution in [0.3, 0.4) is 0 Å². The molecule has 27 heavy (non-hydrogen) atoms. The third-order valence-electron chi connectivity index (χ3n) is 4.42. The molecule has 4 rings (SSSR count). The maximum absolute atomic E-state index is 5.83. The van der Waals surface area contributed by atoms with E-state index in [0.29, 0.717) is 24.6 Å². The average Bonchev–Trinajstić information content (AvgIpc) is 3.42. The van der Waals surface area contributed by atoms with Gasteiger partial charge in [0, 0.05) is 18.7 Å². The van der Waals surface area contributed by atoms with Gasteiger partial charge in [-0.3, -0.25) is 0 Å². The molecule has 1 aliphatic heterocycles. The van der Waals surface area contributed by atoms with E-state index < -0.39 is 0 Å².